The van der Waals surface area contributed by atoms with Crippen LogP contribution in [0, 0.1) is 11.3 Å². The quantitative estimate of drug-likeness (QED) is 0.618. The van der Waals surface area contributed by atoms with Gasteiger partial charge in [0.1, 0.15) is 11.1 Å². The van der Waals surface area contributed by atoms with E-state index in [0.29, 0.717) is 35.1 Å². The number of nitriles is 1. The number of amides is 1. The molecule has 1 aromatic heterocycles. The van der Waals surface area contributed by atoms with Gasteiger partial charge in [0.2, 0.25) is 0 Å². The normalized spacial score (nSPS) is 16.3. The van der Waals surface area contributed by atoms with Gasteiger partial charge in [-0.05, 0) is 38.0 Å². The average molecular weight is 417 g/mol. The van der Waals surface area contributed by atoms with Crippen molar-refractivity contribution in [2.75, 3.05) is 0 Å². The molecule has 1 amide bonds. The van der Waals surface area contributed by atoms with Gasteiger partial charge in [-0.15, -0.1) is 0 Å². The number of ether oxygens (including phenoxy) is 1. The predicted octanol–water partition coefficient (Wildman–Crippen LogP) is 4.38. The van der Waals surface area contributed by atoms with Crippen LogP contribution in [0.3, 0.4) is 0 Å². The Morgan fingerprint density at radius 3 is 2.61 bits per heavy atom. The number of rotatable bonds is 5. The minimum absolute atomic E-state index is 0.292. The van der Waals surface area contributed by atoms with Gasteiger partial charge >= 0.3 is 5.97 Å². The summed E-state index contributed by atoms with van der Waals surface area (Å²) in [7, 11) is 0. The number of benzene rings is 2. The Morgan fingerprint density at radius 1 is 1.16 bits per heavy atom. The molecule has 3 aromatic rings. The molecule has 1 N–H and O–H groups in total. The molecule has 0 aliphatic heterocycles. The van der Waals surface area contributed by atoms with Crippen LogP contribution in [0.25, 0.3) is 22.2 Å². The maximum Gasteiger partial charge on any atom is 0.338 e. The Balaban J connectivity index is 1.49. The summed E-state index contributed by atoms with van der Waals surface area (Å²) in [5.41, 5.74) is 0.884. The first-order valence-corrected chi connectivity index (χ1v) is 10.4. The summed E-state index contributed by atoms with van der Waals surface area (Å²) < 4.78 is 10.9. The van der Waals surface area contributed by atoms with Crippen molar-refractivity contribution in [1.29, 1.82) is 5.26 Å². The summed E-state index contributed by atoms with van der Waals surface area (Å²) in [4.78, 5) is 25.3. The van der Waals surface area contributed by atoms with Gasteiger partial charge in [-0.25, -0.2) is 4.79 Å². The molecule has 1 saturated carbocycles. The van der Waals surface area contributed by atoms with Crippen molar-refractivity contribution in [3.8, 4) is 17.4 Å². The number of nitrogens with one attached hydrogen (secondary N) is 1. The van der Waals surface area contributed by atoms with Crippen LogP contribution in [0.5, 0.6) is 0 Å². The molecule has 1 heterocycles. The molecule has 7 heteroatoms. The third kappa shape index (κ3) is 4.29. The number of hydrogen-bond acceptors (Lipinski definition) is 6. The summed E-state index contributed by atoms with van der Waals surface area (Å²) >= 11 is 0. The van der Waals surface area contributed by atoms with E-state index in [1.807, 2.05) is 30.3 Å². The van der Waals surface area contributed by atoms with Crippen LogP contribution in [0.15, 0.2) is 53.1 Å². The van der Waals surface area contributed by atoms with E-state index in [4.69, 9.17) is 9.26 Å². The molecular weight excluding hydrogens is 394 g/mol. The number of carbonyl (C=O) groups excluding carboxylic acids is 2. The summed E-state index contributed by atoms with van der Waals surface area (Å²) in [6, 6.07) is 16.6. The molecule has 0 spiro atoms. The smallest absolute Gasteiger partial charge is 0.338 e. The highest BCUT2D eigenvalue weighted by atomic mass is 16.5. The van der Waals surface area contributed by atoms with Crippen LogP contribution in [0.1, 0.15) is 49.4 Å². The van der Waals surface area contributed by atoms with Crippen LogP contribution < -0.4 is 5.32 Å². The highest BCUT2D eigenvalue weighted by molar-refractivity contribution is 5.99. The zero-order chi connectivity index (χ0) is 21.8. The molecule has 1 atom stereocenters. The van der Waals surface area contributed by atoms with Crippen LogP contribution >= 0.6 is 0 Å². The summed E-state index contributed by atoms with van der Waals surface area (Å²) in [6.45, 7) is 1.51. The fraction of sp³-hybridized carbons (Fsp3) is 0.333. The van der Waals surface area contributed by atoms with Crippen LogP contribution in [-0.2, 0) is 9.53 Å². The summed E-state index contributed by atoms with van der Waals surface area (Å²) in [5.74, 6) is -0.531. The van der Waals surface area contributed by atoms with Gasteiger partial charge in [0, 0.05) is 5.56 Å². The van der Waals surface area contributed by atoms with Gasteiger partial charge in [-0.2, -0.15) is 5.26 Å². The zero-order valence-corrected chi connectivity index (χ0v) is 17.3. The molecule has 2 aromatic carbocycles. The van der Waals surface area contributed by atoms with E-state index in [9.17, 15) is 14.9 Å². The highest BCUT2D eigenvalue weighted by Gasteiger charge is 2.35. The maximum atomic E-state index is 12.7. The third-order valence-corrected chi connectivity index (χ3v) is 5.68. The van der Waals surface area contributed by atoms with E-state index in [-0.39, 0.29) is 0 Å². The van der Waals surface area contributed by atoms with Gasteiger partial charge in [-0.1, -0.05) is 54.8 Å². The lowest BCUT2D eigenvalue weighted by molar-refractivity contribution is -0.130. The van der Waals surface area contributed by atoms with Crippen LogP contribution in [-0.4, -0.2) is 28.7 Å². The monoisotopic (exact) mass is 417 g/mol. The lowest BCUT2D eigenvalue weighted by Crippen LogP contribution is -2.52. The van der Waals surface area contributed by atoms with Gasteiger partial charge in [0.15, 0.2) is 11.9 Å². The van der Waals surface area contributed by atoms with E-state index in [0.717, 1.165) is 24.8 Å². The van der Waals surface area contributed by atoms with Crippen molar-refractivity contribution >= 4 is 22.8 Å². The number of nitrogens with zero attached hydrogens (tertiary/aromatic N) is 2. The SMILES string of the molecule is CC(OC(=O)c1ccc2noc(-c3ccccc3)c2c1)C(=O)NC1(C#N)CCCCC1. The Morgan fingerprint density at radius 2 is 1.90 bits per heavy atom. The number of aromatic nitrogens is 1. The Labute approximate surface area is 180 Å². The van der Waals surface area contributed by atoms with E-state index in [2.05, 4.69) is 16.5 Å². The first-order valence-electron chi connectivity index (χ1n) is 10.4. The molecule has 0 saturated heterocycles. The van der Waals surface area contributed by atoms with Crippen molar-refractivity contribution in [3.05, 3.63) is 54.1 Å². The van der Waals surface area contributed by atoms with Crippen LogP contribution in [0.4, 0.5) is 0 Å². The molecule has 7 nitrogen and oxygen atoms in total. The van der Waals surface area contributed by atoms with Crippen molar-refractivity contribution in [2.24, 2.45) is 0 Å². The summed E-state index contributed by atoms with van der Waals surface area (Å²) in [5, 5.41) is 17.1. The second-order valence-electron chi connectivity index (χ2n) is 7.90. The van der Waals surface area contributed by atoms with Crippen LogP contribution in [0.2, 0.25) is 0 Å². The average Bonchev–Trinajstić information content (AvgIpc) is 3.23. The van der Waals surface area contributed by atoms with E-state index < -0.39 is 23.5 Å². The molecule has 0 radical (unpaired) electrons. The van der Waals surface area contributed by atoms with Crippen molar-refractivity contribution in [1.82, 2.24) is 10.5 Å². The Kier molecular flexibility index (Phi) is 5.72. The fourth-order valence-corrected chi connectivity index (χ4v) is 3.91. The van der Waals surface area contributed by atoms with Gasteiger partial charge < -0.3 is 14.6 Å². The Hall–Kier alpha value is -3.66. The topological polar surface area (TPSA) is 105 Å². The molecular formula is C24H23N3O4. The second kappa shape index (κ2) is 8.60. The zero-order valence-electron chi connectivity index (χ0n) is 17.3. The van der Waals surface area contributed by atoms with Crippen molar-refractivity contribution < 1.29 is 18.8 Å². The van der Waals surface area contributed by atoms with Crippen molar-refractivity contribution in [2.45, 2.75) is 50.7 Å². The third-order valence-electron chi connectivity index (χ3n) is 5.68. The standard InChI is InChI=1S/C24H23N3O4/c1-16(22(28)26-24(15-25)12-6-3-7-13-24)30-23(29)18-10-11-20-19(14-18)21(31-27-20)17-8-4-2-5-9-17/h2,4-5,8-11,14,16H,3,6-7,12-13H2,1H3,(H,26,28). The molecule has 1 unspecified atom stereocenters. The maximum absolute atomic E-state index is 12.7. The second-order valence-corrected chi connectivity index (χ2v) is 7.90. The van der Waals surface area contributed by atoms with Gasteiger partial charge in [0.25, 0.3) is 5.91 Å². The molecule has 158 valence electrons. The highest BCUT2D eigenvalue weighted by Crippen LogP contribution is 2.30. The van der Waals surface area contributed by atoms with Gasteiger partial charge in [-0.3, -0.25) is 4.79 Å². The molecule has 1 aliphatic rings. The lowest BCUT2D eigenvalue weighted by atomic mass is 9.83. The van der Waals surface area contributed by atoms with Crippen molar-refractivity contribution in [3.63, 3.8) is 0 Å². The summed E-state index contributed by atoms with van der Waals surface area (Å²) in [6.07, 6.45) is 3.05. The minimum Gasteiger partial charge on any atom is -0.449 e. The predicted molar refractivity (Wildman–Crippen MR) is 114 cm³/mol. The van der Waals surface area contributed by atoms with E-state index in [1.54, 1.807) is 18.2 Å². The molecule has 4 rings (SSSR count). The van der Waals surface area contributed by atoms with E-state index >= 15 is 0 Å². The lowest BCUT2D eigenvalue weighted by Gasteiger charge is -2.32. The first kappa shape index (κ1) is 20.6. The largest absolute Gasteiger partial charge is 0.449 e. The minimum atomic E-state index is -1.02. The molecule has 1 aliphatic carbocycles. The Bertz CT molecular complexity index is 1140. The molecule has 0 bridgehead atoms. The number of hydrogen-bond donors (Lipinski definition) is 1. The molecule has 31 heavy (non-hydrogen) atoms. The molecule has 1 fully saturated rings. The fourth-order valence-electron chi connectivity index (χ4n) is 3.91. The number of fused-ring (bicyclic) bond motifs is 1. The van der Waals surface area contributed by atoms with E-state index in [1.165, 1.54) is 6.92 Å². The van der Waals surface area contributed by atoms with Gasteiger partial charge in [0.05, 0.1) is 17.0 Å². The first-order chi connectivity index (χ1) is 15.0. The number of carbonyl (C=O) groups is 2. The number of esters is 1.